The monoisotopic (exact) mass is 280 g/mol. The van der Waals surface area contributed by atoms with Gasteiger partial charge in [-0.1, -0.05) is 0 Å². The van der Waals surface area contributed by atoms with Gasteiger partial charge in [-0.2, -0.15) is 5.10 Å². The van der Waals surface area contributed by atoms with Crippen LogP contribution in [0.1, 0.15) is 12.8 Å². The third-order valence-electron chi connectivity index (χ3n) is 3.39. The van der Waals surface area contributed by atoms with Crippen LogP contribution in [0.4, 0.5) is 10.5 Å². The maximum absolute atomic E-state index is 12.2. The van der Waals surface area contributed by atoms with Crippen molar-refractivity contribution in [3.8, 4) is 0 Å². The topological polar surface area (TPSA) is 119 Å². The summed E-state index contributed by atoms with van der Waals surface area (Å²) in [7, 11) is 0. The van der Waals surface area contributed by atoms with Gasteiger partial charge in [0.25, 0.3) is 0 Å². The van der Waals surface area contributed by atoms with Crippen molar-refractivity contribution in [1.29, 1.82) is 0 Å². The third-order valence-corrected chi connectivity index (χ3v) is 3.39. The molecule has 5 N–H and O–H groups in total. The molecule has 110 valence electrons. The van der Waals surface area contributed by atoms with E-state index in [1.54, 1.807) is 11.1 Å². The van der Waals surface area contributed by atoms with Crippen molar-refractivity contribution < 1.29 is 9.59 Å². The average molecular weight is 280 g/mol. The van der Waals surface area contributed by atoms with E-state index in [1.807, 2.05) is 0 Å². The number of anilines is 1. The van der Waals surface area contributed by atoms with Crippen LogP contribution in [0.3, 0.4) is 0 Å². The maximum atomic E-state index is 12.2. The fraction of sp³-hybridized carbons (Fsp3) is 0.583. The second kappa shape index (κ2) is 6.27. The number of carbonyl (C=O) groups excluding carboxylic acids is 2. The van der Waals surface area contributed by atoms with Gasteiger partial charge in [0.15, 0.2) is 0 Å². The summed E-state index contributed by atoms with van der Waals surface area (Å²) in [6.45, 7) is 2.07. The Bertz CT molecular complexity index is 486. The van der Waals surface area contributed by atoms with E-state index in [4.69, 9.17) is 11.5 Å². The van der Waals surface area contributed by atoms with E-state index in [0.29, 0.717) is 18.8 Å². The first kappa shape index (κ1) is 14.2. The van der Waals surface area contributed by atoms with Crippen molar-refractivity contribution in [1.82, 2.24) is 20.0 Å². The zero-order chi connectivity index (χ0) is 14.5. The lowest BCUT2D eigenvalue weighted by Gasteiger charge is -2.32. The molecule has 8 heteroatoms. The Morgan fingerprint density at radius 2 is 2.30 bits per heavy atom. The van der Waals surface area contributed by atoms with Crippen LogP contribution in [-0.4, -0.2) is 46.3 Å². The van der Waals surface area contributed by atoms with E-state index in [-0.39, 0.29) is 18.4 Å². The Hall–Kier alpha value is -2.25. The van der Waals surface area contributed by atoms with E-state index < -0.39 is 6.03 Å². The molecule has 20 heavy (non-hydrogen) atoms. The van der Waals surface area contributed by atoms with Crippen LogP contribution in [0.2, 0.25) is 0 Å². The van der Waals surface area contributed by atoms with Crippen LogP contribution in [-0.2, 0) is 11.3 Å². The molecule has 1 fully saturated rings. The van der Waals surface area contributed by atoms with E-state index in [2.05, 4.69) is 10.4 Å². The largest absolute Gasteiger partial charge is 0.396 e. The molecule has 8 nitrogen and oxygen atoms in total. The van der Waals surface area contributed by atoms with Crippen molar-refractivity contribution in [2.24, 2.45) is 11.7 Å². The van der Waals surface area contributed by atoms with Crippen LogP contribution in [0.15, 0.2) is 12.4 Å². The molecule has 2 rings (SSSR count). The number of nitrogens with zero attached hydrogens (tertiary/aromatic N) is 3. The van der Waals surface area contributed by atoms with E-state index in [9.17, 15) is 9.59 Å². The summed E-state index contributed by atoms with van der Waals surface area (Å²) in [5.41, 5.74) is 11.2. The van der Waals surface area contributed by atoms with Crippen LogP contribution in [0.25, 0.3) is 0 Å². The van der Waals surface area contributed by atoms with Crippen LogP contribution in [0.5, 0.6) is 0 Å². The Kier molecular flexibility index (Phi) is 4.44. The number of piperidine rings is 1. The second-order valence-corrected chi connectivity index (χ2v) is 5.06. The molecular weight excluding hydrogens is 260 g/mol. The Labute approximate surface area is 117 Å². The molecule has 0 aliphatic carbocycles. The van der Waals surface area contributed by atoms with E-state index in [0.717, 1.165) is 19.4 Å². The van der Waals surface area contributed by atoms with E-state index >= 15 is 0 Å². The van der Waals surface area contributed by atoms with Gasteiger partial charge in [0, 0.05) is 25.8 Å². The number of amides is 3. The fourth-order valence-corrected chi connectivity index (χ4v) is 2.41. The number of primary amides is 1. The molecule has 1 aromatic rings. The molecule has 2 heterocycles. The number of aromatic nitrogens is 2. The van der Waals surface area contributed by atoms with Gasteiger partial charge >= 0.3 is 6.03 Å². The number of carbonyl (C=O) groups is 2. The minimum absolute atomic E-state index is 0.0110. The number of rotatable bonds is 4. The van der Waals surface area contributed by atoms with Gasteiger partial charge in [-0.25, -0.2) is 4.79 Å². The highest BCUT2D eigenvalue weighted by molar-refractivity contribution is 5.76. The molecule has 1 aliphatic heterocycles. The minimum atomic E-state index is -0.527. The summed E-state index contributed by atoms with van der Waals surface area (Å²) in [4.78, 5) is 24.7. The number of nitrogens with two attached hydrogens (primary N) is 2. The van der Waals surface area contributed by atoms with Crippen LogP contribution in [0, 0.1) is 5.92 Å². The quantitative estimate of drug-likeness (QED) is 0.680. The summed E-state index contributed by atoms with van der Waals surface area (Å²) in [5, 5.41) is 6.59. The number of hydrogen-bond donors (Lipinski definition) is 3. The smallest absolute Gasteiger partial charge is 0.312 e. The van der Waals surface area contributed by atoms with Crippen LogP contribution < -0.4 is 16.8 Å². The number of hydrogen-bond acceptors (Lipinski definition) is 4. The predicted molar refractivity (Wildman–Crippen MR) is 73.5 cm³/mol. The molecule has 1 saturated heterocycles. The Morgan fingerprint density at radius 1 is 1.50 bits per heavy atom. The van der Waals surface area contributed by atoms with Crippen molar-refractivity contribution in [3.05, 3.63) is 12.4 Å². The van der Waals surface area contributed by atoms with Crippen LogP contribution >= 0.6 is 0 Å². The summed E-state index contributed by atoms with van der Waals surface area (Å²) < 4.78 is 1.53. The fourth-order valence-electron chi connectivity index (χ4n) is 2.41. The van der Waals surface area contributed by atoms with Gasteiger partial charge in [-0.15, -0.1) is 0 Å². The van der Waals surface area contributed by atoms with Gasteiger partial charge in [0.2, 0.25) is 5.91 Å². The highest BCUT2D eigenvalue weighted by Gasteiger charge is 2.23. The maximum Gasteiger partial charge on any atom is 0.312 e. The van der Waals surface area contributed by atoms with Crippen molar-refractivity contribution in [2.45, 2.75) is 19.4 Å². The second-order valence-electron chi connectivity index (χ2n) is 5.06. The highest BCUT2D eigenvalue weighted by Crippen LogP contribution is 2.16. The number of likely N-dealkylation sites (tertiary alicyclic amines) is 1. The minimum Gasteiger partial charge on any atom is -0.396 e. The predicted octanol–water partition coefficient (Wildman–Crippen LogP) is -0.628. The number of urea groups is 1. The standard InChI is InChI=1S/C12H20N6O2/c13-10-5-16-18(7-10)8-11(19)17-3-1-2-9(6-17)4-15-12(14)20/h5,7,9H,1-4,6,8,13H2,(H3,14,15,20). The zero-order valence-corrected chi connectivity index (χ0v) is 11.3. The lowest BCUT2D eigenvalue weighted by molar-refractivity contribution is -0.133. The first-order valence-electron chi connectivity index (χ1n) is 6.63. The lowest BCUT2D eigenvalue weighted by atomic mass is 9.98. The molecule has 0 spiro atoms. The summed E-state index contributed by atoms with van der Waals surface area (Å²) in [5.74, 6) is 0.264. The van der Waals surface area contributed by atoms with Gasteiger partial charge in [-0.05, 0) is 18.8 Å². The van der Waals surface area contributed by atoms with Gasteiger partial charge in [0.1, 0.15) is 6.54 Å². The van der Waals surface area contributed by atoms with Gasteiger partial charge < -0.3 is 21.7 Å². The van der Waals surface area contributed by atoms with Crippen molar-refractivity contribution in [3.63, 3.8) is 0 Å². The number of nitrogens with one attached hydrogen (secondary N) is 1. The molecular formula is C12H20N6O2. The molecule has 1 aromatic heterocycles. The van der Waals surface area contributed by atoms with E-state index in [1.165, 1.54) is 10.9 Å². The molecule has 0 aromatic carbocycles. The summed E-state index contributed by atoms with van der Waals surface area (Å²) in [6.07, 6.45) is 5.06. The molecule has 0 saturated carbocycles. The normalized spacial score (nSPS) is 18.8. The molecule has 1 aliphatic rings. The summed E-state index contributed by atoms with van der Waals surface area (Å²) >= 11 is 0. The Morgan fingerprint density at radius 3 is 2.95 bits per heavy atom. The van der Waals surface area contributed by atoms with Crippen molar-refractivity contribution >= 4 is 17.6 Å². The summed E-state index contributed by atoms with van der Waals surface area (Å²) in [6, 6.07) is -0.527. The molecule has 1 atom stereocenters. The third kappa shape index (κ3) is 3.87. The van der Waals surface area contributed by atoms with Gasteiger partial charge in [0.05, 0.1) is 11.9 Å². The first-order chi connectivity index (χ1) is 9.54. The SMILES string of the molecule is NC(=O)NCC1CCCN(C(=O)Cn2cc(N)cn2)C1. The molecule has 1 unspecified atom stereocenters. The van der Waals surface area contributed by atoms with Gasteiger partial charge in [-0.3, -0.25) is 9.48 Å². The highest BCUT2D eigenvalue weighted by atomic mass is 16.2. The molecule has 0 radical (unpaired) electrons. The molecule has 0 bridgehead atoms. The molecule has 3 amide bonds. The number of nitrogen functional groups attached to an aromatic ring is 1. The lowest BCUT2D eigenvalue weighted by Crippen LogP contribution is -2.45. The average Bonchev–Trinajstić information content (AvgIpc) is 2.82. The van der Waals surface area contributed by atoms with Crippen molar-refractivity contribution in [2.75, 3.05) is 25.4 Å². The Balaban J connectivity index is 1.84. The first-order valence-corrected chi connectivity index (χ1v) is 6.63. The zero-order valence-electron chi connectivity index (χ0n) is 11.3.